The molecule has 2 heteroatoms. The molecule has 0 aromatic heterocycles. The van der Waals surface area contributed by atoms with E-state index in [0.717, 1.165) is 13.0 Å². The first-order chi connectivity index (χ1) is 8.69. The van der Waals surface area contributed by atoms with Crippen LogP contribution in [0, 0.1) is 10.5 Å². The van der Waals surface area contributed by atoms with Crippen LogP contribution in [0.4, 0.5) is 5.69 Å². The predicted molar refractivity (Wildman–Crippen MR) is 87.0 cm³/mol. The van der Waals surface area contributed by atoms with Crippen LogP contribution in [-0.4, -0.2) is 0 Å². The highest BCUT2D eigenvalue weighted by Gasteiger charge is 1.99. The third-order valence-electron chi connectivity index (χ3n) is 3.11. The molecular weight excluding hydrogens is 333 g/mol. The van der Waals surface area contributed by atoms with Gasteiger partial charge in [0.1, 0.15) is 0 Å². The molecule has 1 nitrogen and oxygen atoms in total. The minimum atomic E-state index is 0.880. The number of anilines is 1. The van der Waals surface area contributed by atoms with Gasteiger partial charge in [-0.05, 0) is 64.8 Å². The summed E-state index contributed by atoms with van der Waals surface area (Å²) in [5.41, 5.74) is 5.23. The fraction of sp³-hybridized carbons (Fsp3) is 0.250. The van der Waals surface area contributed by atoms with E-state index in [4.69, 9.17) is 0 Å². The van der Waals surface area contributed by atoms with Crippen molar-refractivity contribution < 1.29 is 0 Å². The van der Waals surface area contributed by atoms with E-state index in [0.29, 0.717) is 0 Å². The van der Waals surface area contributed by atoms with Crippen molar-refractivity contribution >= 4 is 28.3 Å². The third kappa shape index (κ3) is 3.48. The van der Waals surface area contributed by atoms with Gasteiger partial charge in [0, 0.05) is 15.8 Å². The molecular formula is C16H18IN. The summed E-state index contributed by atoms with van der Waals surface area (Å²) in [5.74, 6) is 0. The summed E-state index contributed by atoms with van der Waals surface area (Å²) in [7, 11) is 0. The van der Waals surface area contributed by atoms with E-state index in [1.54, 1.807) is 0 Å². The van der Waals surface area contributed by atoms with Crippen LogP contribution in [0.1, 0.15) is 23.6 Å². The maximum Gasteiger partial charge on any atom is 0.0400 e. The lowest BCUT2D eigenvalue weighted by Crippen LogP contribution is -2.01. The summed E-state index contributed by atoms with van der Waals surface area (Å²) in [6.07, 6.45) is 1.10. The van der Waals surface area contributed by atoms with Crippen molar-refractivity contribution in [3.63, 3.8) is 0 Å². The first kappa shape index (κ1) is 13.4. The Bertz CT molecular complexity index is 517. The fourth-order valence-corrected chi connectivity index (χ4v) is 2.37. The summed E-state index contributed by atoms with van der Waals surface area (Å²) in [6.45, 7) is 5.20. The van der Waals surface area contributed by atoms with Crippen molar-refractivity contribution in [1.29, 1.82) is 0 Å². The van der Waals surface area contributed by atoms with E-state index in [9.17, 15) is 0 Å². The second-order valence-corrected chi connectivity index (χ2v) is 5.73. The number of rotatable bonds is 4. The molecule has 0 radical (unpaired) electrons. The Morgan fingerprint density at radius 1 is 1.00 bits per heavy atom. The molecule has 0 fully saturated rings. The topological polar surface area (TPSA) is 12.0 Å². The summed E-state index contributed by atoms with van der Waals surface area (Å²) in [5, 5.41) is 3.50. The van der Waals surface area contributed by atoms with E-state index in [1.807, 2.05) is 0 Å². The van der Waals surface area contributed by atoms with Gasteiger partial charge in [-0.1, -0.05) is 37.3 Å². The van der Waals surface area contributed by atoms with Gasteiger partial charge in [-0.15, -0.1) is 0 Å². The van der Waals surface area contributed by atoms with Crippen LogP contribution in [0.25, 0.3) is 0 Å². The van der Waals surface area contributed by atoms with Crippen LogP contribution in [0.15, 0.2) is 42.5 Å². The molecule has 0 heterocycles. The molecule has 18 heavy (non-hydrogen) atoms. The minimum Gasteiger partial charge on any atom is -0.381 e. The molecule has 1 N–H and O–H groups in total. The lowest BCUT2D eigenvalue weighted by Gasteiger charge is -2.10. The summed E-state index contributed by atoms with van der Waals surface area (Å²) >= 11 is 2.35. The monoisotopic (exact) mass is 351 g/mol. The molecule has 0 atom stereocenters. The van der Waals surface area contributed by atoms with Gasteiger partial charge in [0.05, 0.1) is 0 Å². The highest BCUT2D eigenvalue weighted by Crippen LogP contribution is 2.19. The van der Waals surface area contributed by atoms with Crippen molar-refractivity contribution in [2.24, 2.45) is 0 Å². The van der Waals surface area contributed by atoms with Gasteiger partial charge >= 0.3 is 0 Å². The van der Waals surface area contributed by atoms with Crippen LogP contribution in [0.2, 0.25) is 0 Å². The summed E-state index contributed by atoms with van der Waals surface area (Å²) in [6, 6.07) is 15.3. The standard InChI is InChI=1S/C16H18IN/c1-3-13-5-7-14(8-6-13)11-18-16-10-15(17)9-4-12(16)2/h4-10,18H,3,11H2,1-2H3. The van der Waals surface area contributed by atoms with Crippen molar-refractivity contribution in [2.75, 3.05) is 5.32 Å². The number of benzene rings is 2. The largest absolute Gasteiger partial charge is 0.381 e. The normalized spacial score (nSPS) is 10.4. The Kier molecular flexibility index (Phi) is 4.64. The highest BCUT2D eigenvalue weighted by atomic mass is 127. The zero-order valence-electron chi connectivity index (χ0n) is 10.8. The lowest BCUT2D eigenvalue weighted by atomic mass is 10.1. The second-order valence-electron chi connectivity index (χ2n) is 4.48. The van der Waals surface area contributed by atoms with Gasteiger partial charge in [0.2, 0.25) is 0 Å². The third-order valence-corrected chi connectivity index (χ3v) is 3.78. The number of hydrogen-bond donors (Lipinski definition) is 1. The Morgan fingerprint density at radius 3 is 2.33 bits per heavy atom. The zero-order valence-corrected chi connectivity index (χ0v) is 13.0. The molecule has 2 rings (SSSR count). The maximum absolute atomic E-state index is 3.50. The van der Waals surface area contributed by atoms with E-state index in [-0.39, 0.29) is 0 Å². The average molecular weight is 351 g/mol. The van der Waals surface area contributed by atoms with Crippen molar-refractivity contribution in [3.05, 3.63) is 62.7 Å². The number of nitrogens with one attached hydrogen (secondary N) is 1. The number of aryl methyl sites for hydroxylation is 2. The molecule has 2 aromatic rings. The van der Waals surface area contributed by atoms with Gasteiger partial charge in [-0.25, -0.2) is 0 Å². The van der Waals surface area contributed by atoms with E-state index >= 15 is 0 Å². The van der Waals surface area contributed by atoms with Crippen LogP contribution < -0.4 is 5.32 Å². The van der Waals surface area contributed by atoms with E-state index in [1.165, 1.54) is 25.9 Å². The van der Waals surface area contributed by atoms with E-state index < -0.39 is 0 Å². The molecule has 94 valence electrons. The second kappa shape index (κ2) is 6.23. The van der Waals surface area contributed by atoms with Crippen LogP contribution >= 0.6 is 22.6 Å². The zero-order chi connectivity index (χ0) is 13.0. The lowest BCUT2D eigenvalue weighted by molar-refractivity contribution is 1.10. The molecule has 0 aliphatic carbocycles. The molecule has 2 aromatic carbocycles. The molecule has 0 saturated heterocycles. The smallest absolute Gasteiger partial charge is 0.0400 e. The summed E-state index contributed by atoms with van der Waals surface area (Å²) in [4.78, 5) is 0. The van der Waals surface area contributed by atoms with Crippen LogP contribution in [0.5, 0.6) is 0 Å². The Labute approximate surface area is 123 Å². The van der Waals surface area contributed by atoms with Crippen molar-refractivity contribution in [2.45, 2.75) is 26.8 Å². The van der Waals surface area contributed by atoms with Gasteiger partial charge in [-0.3, -0.25) is 0 Å². The predicted octanol–water partition coefficient (Wildman–Crippen LogP) is 4.77. The van der Waals surface area contributed by atoms with Crippen molar-refractivity contribution in [1.82, 2.24) is 0 Å². The summed E-state index contributed by atoms with van der Waals surface area (Å²) < 4.78 is 1.27. The molecule has 0 saturated carbocycles. The first-order valence-corrected chi connectivity index (χ1v) is 7.34. The quantitative estimate of drug-likeness (QED) is 0.782. The van der Waals surface area contributed by atoms with Crippen LogP contribution in [0.3, 0.4) is 0 Å². The minimum absolute atomic E-state index is 0.880. The Hall–Kier alpha value is -1.03. The average Bonchev–Trinajstić information content (AvgIpc) is 2.40. The molecule has 0 spiro atoms. The fourth-order valence-electron chi connectivity index (χ4n) is 1.87. The SMILES string of the molecule is CCc1ccc(CNc2cc(I)ccc2C)cc1. The molecule has 0 amide bonds. The number of halogens is 1. The van der Waals surface area contributed by atoms with Gasteiger partial charge in [0.25, 0.3) is 0 Å². The Balaban J connectivity index is 2.04. The van der Waals surface area contributed by atoms with Gasteiger partial charge < -0.3 is 5.32 Å². The van der Waals surface area contributed by atoms with Gasteiger partial charge in [0.15, 0.2) is 0 Å². The van der Waals surface area contributed by atoms with Gasteiger partial charge in [-0.2, -0.15) is 0 Å². The molecule has 0 aliphatic rings. The maximum atomic E-state index is 3.50. The highest BCUT2D eigenvalue weighted by molar-refractivity contribution is 14.1. The number of hydrogen-bond acceptors (Lipinski definition) is 1. The first-order valence-electron chi connectivity index (χ1n) is 6.27. The molecule has 0 aliphatic heterocycles. The van der Waals surface area contributed by atoms with E-state index in [2.05, 4.69) is 84.2 Å². The molecule has 0 bridgehead atoms. The van der Waals surface area contributed by atoms with Crippen LogP contribution in [-0.2, 0) is 13.0 Å². The molecule has 0 unspecified atom stereocenters. The Morgan fingerprint density at radius 2 is 1.67 bits per heavy atom. The van der Waals surface area contributed by atoms with Crippen molar-refractivity contribution in [3.8, 4) is 0 Å².